The van der Waals surface area contributed by atoms with Crippen LogP contribution in [0.2, 0.25) is 0 Å². The van der Waals surface area contributed by atoms with Crippen molar-refractivity contribution in [2.45, 2.75) is 26.1 Å². The van der Waals surface area contributed by atoms with Gasteiger partial charge in [-0.05, 0) is 6.42 Å². The molecule has 0 saturated carbocycles. The van der Waals surface area contributed by atoms with Gasteiger partial charge in [0, 0.05) is 6.61 Å². The second kappa shape index (κ2) is 11.2. The van der Waals surface area contributed by atoms with Gasteiger partial charge in [-0.2, -0.15) is 0 Å². The van der Waals surface area contributed by atoms with Crippen LogP contribution in [0.4, 0.5) is 0 Å². The summed E-state index contributed by atoms with van der Waals surface area (Å²) in [5.74, 6) is 0. The summed E-state index contributed by atoms with van der Waals surface area (Å²) in [7, 11) is 0.0857. The predicted molar refractivity (Wildman–Crippen MR) is 84.3 cm³/mol. The van der Waals surface area contributed by atoms with Crippen LogP contribution in [-0.4, -0.2) is 59.1 Å². The third-order valence-electron chi connectivity index (χ3n) is 3.42. The van der Waals surface area contributed by atoms with Crippen molar-refractivity contribution in [3.8, 4) is 0 Å². The van der Waals surface area contributed by atoms with Crippen molar-refractivity contribution in [2.24, 2.45) is 5.41 Å². The molecule has 1 spiro atoms. The van der Waals surface area contributed by atoms with Crippen LogP contribution in [0.1, 0.15) is 19.8 Å². The zero-order valence-electron chi connectivity index (χ0n) is 13.0. The summed E-state index contributed by atoms with van der Waals surface area (Å²) in [5.41, 5.74) is -0.361. The lowest BCUT2D eigenvalue weighted by Crippen LogP contribution is -2.51. The fourth-order valence-electron chi connectivity index (χ4n) is 2.09. The molecule has 2 rings (SSSR count). The lowest BCUT2D eigenvalue weighted by atomic mass is 9.90. The van der Waals surface area contributed by atoms with Gasteiger partial charge in [0.25, 0.3) is 0 Å². The number of hydrogen-bond donors (Lipinski definition) is 0. The molecule has 0 aromatic rings. The van der Waals surface area contributed by atoms with Crippen molar-refractivity contribution in [3.05, 3.63) is 0 Å². The van der Waals surface area contributed by atoms with E-state index in [-0.39, 0.29) is 29.8 Å². The molecular weight excluding hydrogens is 330 g/mol. The van der Waals surface area contributed by atoms with Gasteiger partial charge in [-0.15, -0.1) is 0 Å². The van der Waals surface area contributed by atoms with Crippen molar-refractivity contribution in [3.63, 3.8) is 0 Å². The Bertz CT molecular complexity index is 281. The molecule has 0 radical (unpaired) electrons. The molecule has 0 aliphatic carbocycles. The molecule has 7 nitrogen and oxygen atoms in total. The summed E-state index contributed by atoms with van der Waals surface area (Å²) < 4.78 is 38.5. The van der Waals surface area contributed by atoms with Crippen LogP contribution in [0.5, 0.6) is 0 Å². The maximum Gasteiger partial charge on any atom is 0.176 e. The summed E-state index contributed by atoms with van der Waals surface area (Å²) >= 11 is 0. The maximum atomic E-state index is 5.80. The van der Waals surface area contributed by atoms with Gasteiger partial charge in [-0.3, -0.25) is 0 Å². The zero-order valence-corrected chi connectivity index (χ0v) is 15.0. The average Bonchev–Trinajstić information content (AvgIpc) is 2.56. The lowest BCUT2D eigenvalue weighted by Gasteiger charge is -2.43. The van der Waals surface area contributed by atoms with Crippen molar-refractivity contribution in [1.82, 2.24) is 0 Å². The van der Waals surface area contributed by atoms with E-state index in [2.05, 4.69) is 6.92 Å². The van der Waals surface area contributed by atoms with Gasteiger partial charge in [-0.25, -0.2) is 0 Å². The molecule has 0 aromatic carbocycles. The Hall–Kier alpha value is 0.580. The van der Waals surface area contributed by atoms with Crippen molar-refractivity contribution in [1.29, 1.82) is 0 Å². The zero-order chi connectivity index (χ0) is 15.5. The van der Waals surface area contributed by atoms with Crippen LogP contribution in [0, 0.1) is 5.41 Å². The lowest BCUT2D eigenvalue weighted by molar-refractivity contribution is -0.215. The molecule has 2 aliphatic heterocycles. The topological polar surface area (TPSA) is 64.6 Å². The van der Waals surface area contributed by atoms with E-state index in [1.54, 1.807) is 0 Å². The van der Waals surface area contributed by atoms with Gasteiger partial charge in [0.2, 0.25) is 0 Å². The van der Waals surface area contributed by atoms with E-state index in [1.807, 2.05) is 0 Å². The molecule has 2 unspecified atom stereocenters. The Morgan fingerprint density at radius 1 is 0.909 bits per heavy atom. The molecular formula is C13H26O7P2. The first-order valence-electron chi connectivity index (χ1n) is 7.65. The molecule has 2 heterocycles. The summed E-state index contributed by atoms with van der Waals surface area (Å²) in [5, 5.41) is 0. The SMILES string of the molecule is CCCCOCCOCCOC1OPOCC12COPOC2. The average molecular weight is 356 g/mol. The number of hydrogen-bond acceptors (Lipinski definition) is 7. The molecule has 2 atom stereocenters. The van der Waals surface area contributed by atoms with Crippen LogP contribution in [0.25, 0.3) is 0 Å². The van der Waals surface area contributed by atoms with Gasteiger partial charge in [-0.1, -0.05) is 13.3 Å². The normalized spacial score (nSPS) is 31.2. The molecule has 0 N–H and O–H groups in total. The maximum absolute atomic E-state index is 5.80. The van der Waals surface area contributed by atoms with Crippen LogP contribution >= 0.6 is 18.1 Å². The monoisotopic (exact) mass is 356 g/mol. The van der Waals surface area contributed by atoms with E-state index in [4.69, 9.17) is 32.3 Å². The van der Waals surface area contributed by atoms with Crippen LogP contribution in [-0.2, 0) is 32.3 Å². The van der Waals surface area contributed by atoms with Crippen molar-refractivity contribution < 1.29 is 32.3 Å². The quantitative estimate of drug-likeness (QED) is 0.439. The van der Waals surface area contributed by atoms with E-state index in [1.165, 1.54) is 0 Å². The molecule has 2 saturated heterocycles. The van der Waals surface area contributed by atoms with E-state index in [9.17, 15) is 0 Å². The molecule has 0 bridgehead atoms. The Kier molecular flexibility index (Phi) is 9.62. The smallest absolute Gasteiger partial charge is 0.176 e. The van der Waals surface area contributed by atoms with E-state index in [0.29, 0.717) is 46.2 Å². The minimum absolute atomic E-state index is 0.00258. The summed E-state index contributed by atoms with van der Waals surface area (Å²) in [6.07, 6.45) is 1.88. The van der Waals surface area contributed by atoms with E-state index >= 15 is 0 Å². The van der Waals surface area contributed by atoms with Gasteiger partial charge in [0.15, 0.2) is 24.4 Å². The Morgan fingerprint density at radius 3 is 2.27 bits per heavy atom. The minimum atomic E-state index is -0.367. The second-order valence-corrected chi connectivity index (χ2v) is 6.73. The Morgan fingerprint density at radius 2 is 1.55 bits per heavy atom. The predicted octanol–water partition coefficient (Wildman–Crippen LogP) is 2.26. The molecule has 130 valence electrons. The molecule has 2 fully saturated rings. The fraction of sp³-hybridized carbons (Fsp3) is 1.00. The highest BCUT2D eigenvalue weighted by Crippen LogP contribution is 2.43. The Labute approximate surface area is 135 Å². The van der Waals surface area contributed by atoms with Crippen LogP contribution in [0.3, 0.4) is 0 Å². The molecule has 2 aliphatic rings. The van der Waals surface area contributed by atoms with Gasteiger partial charge in [0.1, 0.15) is 0 Å². The molecule has 9 heteroatoms. The summed E-state index contributed by atoms with van der Waals surface area (Å²) in [6, 6.07) is 0. The van der Waals surface area contributed by atoms with Gasteiger partial charge < -0.3 is 32.3 Å². The number of ether oxygens (including phenoxy) is 3. The molecule has 0 aromatic heterocycles. The van der Waals surface area contributed by atoms with Crippen LogP contribution in [0.15, 0.2) is 0 Å². The van der Waals surface area contributed by atoms with E-state index in [0.717, 1.165) is 19.4 Å². The summed E-state index contributed by atoms with van der Waals surface area (Å²) in [6.45, 7) is 6.74. The fourth-order valence-corrected chi connectivity index (χ4v) is 3.68. The molecule has 0 amide bonds. The third kappa shape index (κ3) is 6.23. The Balaban J connectivity index is 1.55. The first-order valence-corrected chi connectivity index (χ1v) is 9.29. The number of rotatable bonds is 10. The highest BCUT2D eigenvalue weighted by atomic mass is 31.1. The van der Waals surface area contributed by atoms with Crippen molar-refractivity contribution >= 4 is 18.1 Å². The van der Waals surface area contributed by atoms with Crippen molar-refractivity contribution in [2.75, 3.05) is 52.9 Å². The second-order valence-electron chi connectivity index (χ2n) is 5.29. The minimum Gasteiger partial charge on any atom is -0.379 e. The standard InChI is InChI=1S/C13H26O7P2/c1-2-3-4-14-5-6-15-7-8-16-12-13(11-19-22-20-12)9-17-21-18-10-13/h12,21-22H,2-11H2,1H3. The highest BCUT2D eigenvalue weighted by molar-refractivity contribution is 7.26. The van der Waals surface area contributed by atoms with Gasteiger partial charge in [0.05, 0.1) is 51.7 Å². The van der Waals surface area contributed by atoms with Crippen LogP contribution < -0.4 is 0 Å². The summed E-state index contributed by atoms with van der Waals surface area (Å²) in [4.78, 5) is 0. The largest absolute Gasteiger partial charge is 0.379 e. The first kappa shape index (κ1) is 18.9. The van der Waals surface area contributed by atoms with E-state index < -0.39 is 0 Å². The molecule has 22 heavy (non-hydrogen) atoms. The number of unbranched alkanes of at least 4 members (excludes halogenated alkanes) is 1. The van der Waals surface area contributed by atoms with Gasteiger partial charge >= 0.3 is 0 Å². The first-order chi connectivity index (χ1) is 10.9. The third-order valence-corrected chi connectivity index (χ3v) is 4.52. The highest BCUT2D eigenvalue weighted by Gasteiger charge is 2.46.